The fourth-order valence-electron chi connectivity index (χ4n) is 0.970. The van der Waals surface area contributed by atoms with Gasteiger partial charge in [-0.15, -0.1) is 0 Å². The lowest BCUT2D eigenvalue weighted by Gasteiger charge is -2.04. The maximum absolute atomic E-state index is 11.3. The van der Waals surface area contributed by atoms with Gasteiger partial charge in [0.05, 0.1) is 4.90 Å². The summed E-state index contributed by atoms with van der Waals surface area (Å²) in [4.78, 5) is 0.0871. The predicted molar refractivity (Wildman–Crippen MR) is 46.5 cm³/mol. The van der Waals surface area contributed by atoms with Crippen LogP contribution in [0.4, 0.5) is 0 Å². The van der Waals surface area contributed by atoms with Crippen LogP contribution in [0, 0.1) is 6.92 Å². The van der Waals surface area contributed by atoms with Gasteiger partial charge in [0.2, 0.25) is 0 Å². The second kappa shape index (κ2) is 3.87. The fraction of sp³-hybridized carbons (Fsp3) is 0.250. The first-order chi connectivity index (χ1) is 6.08. The number of hydrogen-bond donors (Lipinski definition) is 1. The van der Waals surface area contributed by atoms with E-state index < -0.39 is 16.9 Å². The summed E-state index contributed by atoms with van der Waals surface area (Å²) in [6, 6.07) is 6.42. The minimum absolute atomic E-state index is 0.0871. The van der Waals surface area contributed by atoms with Crippen molar-refractivity contribution in [3.05, 3.63) is 29.8 Å². The molecule has 0 fully saturated rings. The maximum Gasteiger partial charge on any atom is 0.299 e. The highest BCUT2D eigenvalue weighted by atomic mass is 32.2. The Hall–Kier alpha value is -0.910. The van der Waals surface area contributed by atoms with E-state index in [9.17, 15) is 8.42 Å². The van der Waals surface area contributed by atoms with E-state index in [1.807, 2.05) is 0 Å². The summed E-state index contributed by atoms with van der Waals surface area (Å²) in [5, 5.41) is 8.35. The molecule has 0 aromatic heterocycles. The van der Waals surface area contributed by atoms with Crippen LogP contribution in [0.3, 0.4) is 0 Å². The fourth-order valence-corrected chi connectivity index (χ4v) is 1.94. The molecule has 0 bridgehead atoms. The molecule has 0 atom stereocenters. The topological polar surface area (TPSA) is 63.6 Å². The van der Waals surface area contributed by atoms with Crippen molar-refractivity contribution >= 4 is 10.1 Å². The van der Waals surface area contributed by atoms with Gasteiger partial charge in [-0.05, 0) is 18.6 Å². The monoisotopic (exact) mass is 202 g/mol. The van der Waals surface area contributed by atoms with Gasteiger partial charge < -0.3 is 5.11 Å². The van der Waals surface area contributed by atoms with E-state index >= 15 is 0 Å². The molecule has 0 spiro atoms. The number of hydrogen-bond acceptors (Lipinski definition) is 4. The predicted octanol–water partition coefficient (Wildman–Crippen LogP) is 0.650. The molecule has 0 saturated carbocycles. The quantitative estimate of drug-likeness (QED) is 0.577. The van der Waals surface area contributed by atoms with Gasteiger partial charge in [0.25, 0.3) is 10.1 Å². The van der Waals surface area contributed by atoms with E-state index in [0.717, 1.165) is 0 Å². The van der Waals surface area contributed by atoms with Crippen molar-refractivity contribution in [1.82, 2.24) is 0 Å². The molecule has 0 heterocycles. The molecule has 72 valence electrons. The molecule has 4 nitrogen and oxygen atoms in total. The molecule has 0 aliphatic rings. The van der Waals surface area contributed by atoms with E-state index in [0.29, 0.717) is 5.56 Å². The van der Waals surface area contributed by atoms with Crippen molar-refractivity contribution in [2.24, 2.45) is 0 Å². The summed E-state index contributed by atoms with van der Waals surface area (Å²) in [5.41, 5.74) is 0.593. The van der Waals surface area contributed by atoms with Crippen molar-refractivity contribution in [1.29, 1.82) is 0 Å². The number of benzene rings is 1. The van der Waals surface area contributed by atoms with Gasteiger partial charge in [0.15, 0.2) is 6.79 Å². The van der Waals surface area contributed by atoms with Crippen LogP contribution >= 0.6 is 0 Å². The van der Waals surface area contributed by atoms with Crippen LogP contribution in [-0.2, 0) is 14.3 Å². The Kier molecular flexibility index (Phi) is 3.02. The highest BCUT2D eigenvalue weighted by Crippen LogP contribution is 2.15. The molecule has 1 rings (SSSR count). The number of rotatable bonds is 3. The second-order valence-corrected chi connectivity index (χ2v) is 4.05. The smallest absolute Gasteiger partial charge is 0.299 e. The number of aliphatic hydroxyl groups excluding tert-OH is 1. The zero-order valence-corrected chi connectivity index (χ0v) is 7.91. The van der Waals surface area contributed by atoms with Crippen molar-refractivity contribution in [3.8, 4) is 0 Å². The molecule has 0 aliphatic carbocycles. The molecule has 0 saturated heterocycles. The van der Waals surface area contributed by atoms with Gasteiger partial charge in [0, 0.05) is 0 Å². The zero-order chi connectivity index (χ0) is 9.90. The lowest BCUT2D eigenvalue weighted by Crippen LogP contribution is -2.08. The molecule has 0 amide bonds. The highest BCUT2D eigenvalue weighted by Gasteiger charge is 2.16. The summed E-state index contributed by atoms with van der Waals surface area (Å²) in [5.74, 6) is 0. The third kappa shape index (κ3) is 2.27. The lowest BCUT2D eigenvalue weighted by molar-refractivity contribution is 0.105. The third-order valence-corrected chi connectivity index (χ3v) is 2.98. The molecule has 1 aromatic carbocycles. The van der Waals surface area contributed by atoms with Crippen LogP contribution in [0.25, 0.3) is 0 Å². The molecule has 1 aromatic rings. The Labute approximate surface area is 76.9 Å². The molecule has 0 radical (unpaired) electrons. The van der Waals surface area contributed by atoms with Crippen molar-refractivity contribution in [3.63, 3.8) is 0 Å². The van der Waals surface area contributed by atoms with E-state index in [1.54, 1.807) is 25.1 Å². The minimum atomic E-state index is -3.79. The average molecular weight is 202 g/mol. The Morgan fingerprint density at radius 2 is 2.00 bits per heavy atom. The zero-order valence-electron chi connectivity index (χ0n) is 7.10. The van der Waals surface area contributed by atoms with E-state index in [-0.39, 0.29) is 4.90 Å². The number of aliphatic hydroxyl groups is 1. The lowest BCUT2D eigenvalue weighted by atomic mass is 10.2. The van der Waals surface area contributed by atoms with Crippen molar-refractivity contribution < 1.29 is 17.7 Å². The second-order valence-electron chi connectivity index (χ2n) is 2.47. The first-order valence-corrected chi connectivity index (χ1v) is 5.04. The Balaban J connectivity index is 3.15. The third-order valence-electron chi connectivity index (χ3n) is 1.57. The van der Waals surface area contributed by atoms with Gasteiger partial charge in [-0.3, -0.25) is 0 Å². The Morgan fingerprint density at radius 3 is 2.54 bits per heavy atom. The summed E-state index contributed by atoms with van der Waals surface area (Å²) in [6.07, 6.45) is 0. The van der Waals surface area contributed by atoms with Crippen molar-refractivity contribution in [2.45, 2.75) is 11.8 Å². The first kappa shape index (κ1) is 10.2. The normalized spacial score (nSPS) is 11.5. The van der Waals surface area contributed by atoms with Crippen LogP contribution < -0.4 is 0 Å². The average Bonchev–Trinajstić information content (AvgIpc) is 2.04. The molecule has 0 unspecified atom stereocenters. The number of aryl methyl sites for hydroxylation is 1. The van der Waals surface area contributed by atoms with Gasteiger partial charge in [0.1, 0.15) is 0 Å². The summed E-state index contributed by atoms with van der Waals surface area (Å²) >= 11 is 0. The van der Waals surface area contributed by atoms with E-state index in [4.69, 9.17) is 5.11 Å². The van der Waals surface area contributed by atoms with Crippen LogP contribution in [0.1, 0.15) is 5.56 Å². The summed E-state index contributed by atoms with van der Waals surface area (Å²) < 4.78 is 26.8. The van der Waals surface area contributed by atoms with E-state index in [2.05, 4.69) is 4.18 Å². The summed E-state index contributed by atoms with van der Waals surface area (Å²) in [7, 11) is -3.79. The molecular weight excluding hydrogens is 192 g/mol. The first-order valence-electron chi connectivity index (χ1n) is 3.64. The molecular formula is C8H10O4S. The van der Waals surface area contributed by atoms with Crippen molar-refractivity contribution in [2.75, 3.05) is 6.79 Å². The van der Waals surface area contributed by atoms with Crippen LogP contribution in [0.2, 0.25) is 0 Å². The van der Waals surface area contributed by atoms with Crippen LogP contribution in [0.15, 0.2) is 29.2 Å². The van der Waals surface area contributed by atoms with Gasteiger partial charge in [-0.25, -0.2) is 4.18 Å². The summed E-state index contributed by atoms with van der Waals surface area (Å²) in [6.45, 7) is 0.824. The Morgan fingerprint density at radius 1 is 1.38 bits per heavy atom. The molecule has 5 heteroatoms. The van der Waals surface area contributed by atoms with Crippen LogP contribution in [-0.4, -0.2) is 20.3 Å². The highest BCUT2D eigenvalue weighted by molar-refractivity contribution is 7.86. The van der Waals surface area contributed by atoms with Gasteiger partial charge in [-0.1, -0.05) is 18.2 Å². The molecule has 13 heavy (non-hydrogen) atoms. The standard InChI is InChI=1S/C8H10O4S/c1-7-4-2-3-5-8(7)13(10,11)12-6-9/h2-5,9H,6H2,1H3. The molecule has 0 aliphatic heterocycles. The largest absolute Gasteiger partial charge is 0.369 e. The SMILES string of the molecule is Cc1ccccc1S(=O)(=O)OCO. The van der Waals surface area contributed by atoms with Crippen LogP contribution in [0.5, 0.6) is 0 Å². The van der Waals surface area contributed by atoms with Gasteiger partial charge in [-0.2, -0.15) is 8.42 Å². The minimum Gasteiger partial charge on any atom is -0.369 e. The maximum atomic E-state index is 11.3. The van der Waals surface area contributed by atoms with Gasteiger partial charge >= 0.3 is 0 Å². The Bertz CT molecular complexity index is 383. The molecule has 1 N–H and O–H groups in total. The van der Waals surface area contributed by atoms with E-state index in [1.165, 1.54) is 6.07 Å².